The Morgan fingerprint density at radius 2 is 1.89 bits per heavy atom. The summed E-state index contributed by atoms with van der Waals surface area (Å²) in [6, 6.07) is 6.82. The number of nitrogens with one attached hydrogen (secondary N) is 2. The number of nitrogens with zero attached hydrogens (tertiary/aromatic N) is 2. The zero-order chi connectivity index (χ0) is 19.7. The van der Waals surface area contributed by atoms with Gasteiger partial charge >= 0.3 is 0 Å². The van der Waals surface area contributed by atoms with E-state index in [2.05, 4.69) is 19.9 Å². The van der Waals surface area contributed by atoms with Crippen LogP contribution in [0.15, 0.2) is 34.2 Å². The molecule has 0 aromatic heterocycles. The summed E-state index contributed by atoms with van der Waals surface area (Å²) in [5.74, 6) is 0.835. The van der Waals surface area contributed by atoms with E-state index in [4.69, 9.17) is 4.74 Å². The number of rotatable bonds is 8. The first-order valence-electron chi connectivity index (χ1n) is 9.67. The quantitative estimate of drug-likeness (QED) is 0.397. The summed E-state index contributed by atoms with van der Waals surface area (Å²) >= 11 is 0. The normalized spacial score (nSPS) is 16.6. The van der Waals surface area contributed by atoms with Crippen LogP contribution in [0.3, 0.4) is 0 Å². The fourth-order valence-electron chi connectivity index (χ4n) is 3.04. The number of ether oxygens (including phenoxy) is 1. The Morgan fingerprint density at radius 1 is 1.22 bits per heavy atom. The number of sulfonamides is 1. The van der Waals surface area contributed by atoms with Crippen LogP contribution in [0.4, 0.5) is 0 Å². The van der Waals surface area contributed by atoms with Crippen molar-refractivity contribution in [3.63, 3.8) is 0 Å². The molecule has 1 aromatic rings. The van der Waals surface area contributed by atoms with Crippen LogP contribution in [0.25, 0.3) is 0 Å². The Hall–Kier alpha value is -1.64. The van der Waals surface area contributed by atoms with E-state index in [0.717, 1.165) is 50.6 Å². The summed E-state index contributed by atoms with van der Waals surface area (Å²) in [6.07, 6.45) is 2.30. The Labute approximate surface area is 163 Å². The molecule has 1 heterocycles. The van der Waals surface area contributed by atoms with Gasteiger partial charge in [0.15, 0.2) is 5.96 Å². The van der Waals surface area contributed by atoms with Crippen LogP contribution in [0.5, 0.6) is 0 Å². The van der Waals surface area contributed by atoms with Crippen LogP contribution in [-0.4, -0.2) is 64.7 Å². The number of piperidine rings is 1. The van der Waals surface area contributed by atoms with E-state index in [9.17, 15) is 8.42 Å². The van der Waals surface area contributed by atoms with Gasteiger partial charge in [0, 0.05) is 32.8 Å². The van der Waals surface area contributed by atoms with Crippen LogP contribution in [0.1, 0.15) is 32.3 Å². The molecular weight excluding hydrogens is 364 g/mol. The average Bonchev–Trinajstić information content (AvgIpc) is 2.65. The summed E-state index contributed by atoms with van der Waals surface area (Å²) in [5.41, 5.74) is 1.03. The van der Waals surface area contributed by atoms with Crippen LogP contribution < -0.4 is 10.0 Å². The topological polar surface area (TPSA) is 83.0 Å². The van der Waals surface area contributed by atoms with Gasteiger partial charge in [0.2, 0.25) is 10.0 Å². The van der Waals surface area contributed by atoms with Gasteiger partial charge in [0.25, 0.3) is 0 Å². The van der Waals surface area contributed by atoms with Crippen molar-refractivity contribution in [2.75, 3.05) is 39.3 Å². The third-order valence-electron chi connectivity index (χ3n) is 4.48. The lowest BCUT2D eigenvalue weighted by Crippen LogP contribution is -2.47. The Morgan fingerprint density at radius 3 is 2.48 bits per heavy atom. The van der Waals surface area contributed by atoms with Crippen LogP contribution >= 0.6 is 0 Å². The summed E-state index contributed by atoms with van der Waals surface area (Å²) < 4.78 is 32.9. The molecule has 152 valence electrons. The van der Waals surface area contributed by atoms with Gasteiger partial charge in [-0.25, -0.2) is 13.1 Å². The molecule has 1 fully saturated rings. The predicted octanol–water partition coefficient (Wildman–Crippen LogP) is 1.74. The third-order valence-corrected chi connectivity index (χ3v) is 5.95. The van der Waals surface area contributed by atoms with Crippen LogP contribution in [0.2, 0.25) is 0 Å². The second kappa shape index (κ2) is 10.6. The van der Waals surface area contributed by atoms with E-state index in [0.29, 0.717) is 12.6 Å². The fourth-order valence-corrected chi connectivity index (χ4v) is 4.06. The number of aliphatic imine (C=N–C) groups is 1. The predicted molar refractivity (Wildman–Crippen MR) is 109 cm³/mol. The molecule has 1 saturated heterocycles. The summed E-state index contributed by atoms with van der Waals surface area (Å²) in [6.45, 7) is 9.95. The van der Waals surface area contributed by atoms with Gasteiger partial charge in [-0.1, -0.05) is 17.7 Å². The molecule has 0 atom stereocenters. The molecule has 2 N–H and O–H groups in total. The summed E-state index contributed by atoms with van der Waals surface area (Å²) in [5, 5.41) is 3.29. The molecule has 0 amide bonds. The number of hydrogen-bond acceptors (Lipinski definition) is 4. The molecule has 0 radical (unpaired) electrons. The molecule has 1 aliphatic rings. The highest BCUT2D eigenvalue weighted by Crippen LogP contribution is 2.14. The molecule has 0 saturated carbocycles. The number of hydrogen-bond donors (Lipinski definition) is 2. The first-order chi connectivity index (χ1) is 13.0. The third kappa shape index (κ3) is 6.79. The minimum Gasteiger partial charge on any atom is -0.378 e. The fraction of sp³-hybridized carbons (Fsp3) is 0.632. The molecule has 0 aliphatic carbocycles. The maximum Gasteiger partial charge on any atom is 0.240 e. The molecule has 27 heavy (non-hydrogen) atoms. The molecule has 2 rings (SSSR count). The van der Waals surface area contributed by atoms with E-state index < -0.39 is 10.0 Å². The van der Waals surface area contributed by atoms with E-state index in [-0.39, 0.29) is 11.4 Å². The highest BCUT2D eigenvalue weighted by atomic mass is 32.2. The van der Waals surface area contributed by atoms with E-state index in [1.807, 2.05) is 20.8 Å². The highest BCUT2D eigenvalue weighted by Gasteiger charge is 2.21. The summed E-state index contributed by atoms with van der Waals surface area (Å²) in [7, 11) is -3.50. The molecule has 1 aliphatic heterocycles. The van der Waals surface area contributed by atoms with E-state index in [1.54, 1.807) is 24.3 Å². The molecule has 0 unspecified atom stereocenters. The first kappa shape index (κ1) is 21.7. The first-order valence-corrected chi connectivity index (χ1v) is 11.2. The maximum atomic E-state index is 12.3. The lowest BCUT2D eigenvalue weighted by atomic mass is 10.1. The monoisotopic (exact) mass is 396 g/mol. The second-order valence-electron chi connectivity index (χ2n) is 6.59. The minimum absolute atomic E-state index is 0.264. The van der Waals surface area contributed by atoms with Gasteiger partial charge in [-0.05, 0) is 45.7 Å². The van der Waals surface area contributed by atoms with Gasteiger partial charge in [0.05, 0.1) is 17.5 Å². The minimum atomic E-state index is -3.50. The largest absolute Gasteiger partial charge is 0.378 e. The molecule has 0 spiro atoms. The molecule has 1 aromatic carbocycles. The van der Waals surface area contributed by atoms with Gasteiger partial charge in [0.1, 0.15) is 0 Å². The van der Waals surface area contributed by atoms with Crippen molar-refractivity contribution < 1.29 is 13.2 Å². The maximum absolute atomic E-state index is 12.3. The molecule has 7 nitrogen and oxygen atoms in total. The SMILES string of the molecule is CCNC(=NCCNS(=O)(=O)c1ccc(C)cc1)N1CCC(OCC)CC1. The highest BCUT2D eigenvalue weighted by molar-refractivity contribution is 7.89. The van der Waals surface area contributed by atoms with Crippen molar-refractivity contribution in [1.82, 2.24) is 14.9 Å². The van der Waals surface area contributed by atoms with Crippen molar-refractivity contribution in [3.05, 3.63) is 29.8 Å². The number of benzene rings is 1. The van der Waals surface area contributed by atoms with Crippen molar-refractivity contribution in [2.45, 2.75) is 44.6 Å². The lowest BCUT2D eigenvalue weighted by Gasteiger charge is -2.34. The Bertz CT molecular complexity index is 696. The Kier molecular flexibility index (Phi) is 8.53. The van der Waals surface area contributed by atoms with Gasteiger partial charge < -0.3 is 15.0 Å². The van der Waals surface area contributed by atoms with Crippen molar-refractivity contribution in [2.24, 2.45) is 4.99 Å². The molecular formula is C19H32N4O3S. The number of aryl methyl sites for hydroxylation is 1. The van der Waals surface area contributed by atoms with Gasteiger partial charge in [-0.3, -0.25) is 4.99 Å². The van der Waals surface area contributed by atoms with Crippen LogP contribution in [0, 0.1) is 6.92 Å². The van der Waals surface area contributed by atoms with Gasteiger partial charge in [-0.15, -0.1) is 0 Å². The van der Waals surface area contributed by atoms with Gasteiger partial charge in [-0.2, -0.15) is 0 Å². The average molecular weight is 397 g/mol. The number of guanidine groups is 1. The van der Waals surface area contributed by atoms with Crippen LogP contribution in [-0.2, 0) is 14.8 Å². The Balaban J connectivity index is 1.87. The zero-order valence-electron chi connectivity index (χ0n) is 16.6. The number of likely N-dealkylation sites (tertiary alicyclic amines) is 1. The van der Waals surface area contributed by atoms with E-state index in [1.165, 1.54) is 0 Å². The molecule has 0 bridgehead atoms. The van der Waals surface area contributed by atoms with Crippen molar-refractivity contribution in [3.8, 4) is 0 Å². The smallest absolute Gasteiger partial charge is 0.240 e. The lowest BCUT2D eigenvalue weighted by molar-refractivity contribution is 0.0264. The summed E-state index contributed by atoms with van der Waals surface area (Å²) in [4.78, 5) is 7.08. The zero-order valence-corrected chi connectivity index (χ0v) is 17.4. The second-order valence-corrected chi connectivity index (χ2v) is 8.36. The van der Waals surface area contributed by atoms with E-state index >= 15 is 0 Å². The molecule has 8 heteroatoms. The van der Waals surface area contributed by atoms with Crippen molar-refractivity contribution >= 4 is 16.0 Å². The standard InChI is InChI=1S/C19H32N4O3S/c1-4-20-19(23-14-10-17(11-15-23)26-5-2)21-12-13-22-27(24,25)18-8-6-16(3)7-9-18/h6-9,17,22H,4-5,10-15H2,1-3H3,(H,20,21). The van der Waals surface area contributed by atoms with Crippen molar-refractivity contribution in [1.29, 1.82) is 0 Å².